The smallest absolute Gasteiger partial charge is 0.0644 e. The fraction of sp³-hybridized carbons (Fsp3) is 0.800. The molecule has 1 saturated carbocycles. The molecule has 0 aromatic rings. The summed E-state index contributed by atoms with van der Waals surface area (Å²) in [7, 11) is 0. The molecule has 3 atom stereocenters. The lowest BCUT2D eigenvalue weighted by Gasteiger charge is -2.57. The first-order valence-corrected chi connectivity index (χ1v) is 9.08. The summed E-state index contributed by atoms with van der Waals surface area (Å²) in [5, 5.41) is 28.4. The van der Waals surface area contributed by atoms with Gasteiger partial charge in [-0.15, -0.1) is 0 Å². The summed E-state index contributed by atoms with van der Waals surface area (Å²) in [6.07, 6.45) is 10.6. The van der Waals surface area contributed by atoms with Crippen molar-refractivity contribution in [3.63, 3.8) is 0 Å². The van der Waals surface area contributed by atoms with Crippen LogP contribution in [0.25, 0.3) is 0 Å². The number of allylic oxidation sites excluding steroid dienone is 1. The molecule has 0 aromatic heterocycles. The molecule has 23 heavy (non-hydrogen) atoms. The molecule has 0 aromatic carbocycles. The Balaban J connectivity index is 2.24. The van der Waals surface area contributed by atoms with Crippen LogP contribution in [-0.4, -0.2) is 35.1 Å². The molecule has 0 spiro atoms. The van der Waals surface area contributed by atoms with Gasteiger partial charge in [-0.1, -0.05) is 39.3 Å². The van der Waals surface area contributed by atoms with Crippen LogP contribution < -0.4 is 0 Å². The van der Waals surface area contributed by atoms with Crippen LogP contribution in [0.4, 0.5) is 0 Å². The Labute approximate surface area is 141 Å². The lowest BCUT2D eigenvalue weighted by Crippen LogP contribution is -2.49. The van der Waals surface area contributed by atoms with Crippen molar-refractivity contribution in [2.45, 2.75) is 59.3 Å². The third-order valence-electron chi connectivity index (χ3n) is 6.66. The number of hydrogen-bond acceptors (Lipinski definition) is 3. The van der Waals surface area contributed by atoms with E-state index in [0.29, 0.717) is 17.3 Å². The largest absolute Gasteiger partial charge is 0.392 e. The molecular formula is C20H34O3. The molecule has 3 heteroatoms. The van der Waals surface area contributed by atoms with Crippen LogP contribution in [0.2, 0.25) is 0 Å². The lowest BCUT2D eigenvalue weighted by molar-refractivity contribution is -0.0421. The molecule has 3 nitrogen and oxygen atoms in total. The minimum atomic E-state index is -0.0177. The minimum absolute atomic E-state index is 0.0110. The van der Waals surface area contributed by atoms with Crippen molar-refractivity contribution >= 4 is 0 Å². The van der Waals surface area contributed by atoms with E-state index >= 15 is 0 Å². The van der Waals surface area contributed by atoms with E-state index in [0.717, 1.165) is 24.8 Å². The van der Waals surface area contributed by atoms with Crippen molar-refractivity contribution in [3.05, 3.63) is 23.3 Å². The zero-order valence-electron chi connectivity index (χ0n) is 15.0. The molecule has 1 unspecified atom stereocenters. The highest BCUT2D eigenvalue weighted by Gasteiger charge is 2.51. The highest BCUT2D eigenvalue weighted by molar-refractivity contribution is 5.21. The zero-order valence-corrected chi connectivity index (χ0v) is 15.0. The summed E-state index contributed by atoms with van der Waals surface area (Å²) in [4.78, 5) is 0. The summed E-state index contributed by atoms with van der Waals surface area (Å²) in [6.45, 7) is 7.35. The Morgan fingerprint density at radius 3 is 2.57 bits per heavy atom. The second-order valence-electron chi connectivity index (χ2n) is 8.37. The van der Waals surface area contributed by atoms with Crippen molar-refractivity contribution in [1.29, 1.82) is 0 Å². The average Bonchev–Trinajstić information content (AvgIpc) is 2.50. The Kier molecular flexibility index (Phi) is 6.10. The molecule has 0 bridgehead atoms. The number of rotatable bonds is 6. The third kappa shape index (κ3) is 3.72. The van der Waals surface area contributed by atoms with Gasteiger partial charge in [0.25, 0.3) is 0 Å². The highest BCUT2D eigenvalue weighted by atomic mass is 16.3. The van der Waals surface area contributed by atoms with E-state index in [4.69, 9.17) is 5.11 Å². The first-order valence-electron chi connectivity index (χ1n) is 9.08. The van der Waals surface area contributed by atoms with Crippen molar-refractivity contribution in [3.8, 4) is 0 Å². The monoisotopic (exact) mass is 322 g/mol. The normalized spacial score (nSPS) is 34.0. The molecule has 2 aliphatic rings. The van der Waals surface area contributed by atoms with Crippen LogP contribution in [0.3, 0.4) is 0 Å². The van der Waals surface area contributed by atoms with Gasteiger partial charge in [0.05, 0.1) is 19.8 Å². The molecule has 2 rings (SSSR count). The number of aliphatic hydroxyl groups excluding tert-OH is 3. The van der Waals surface area contributed by atoms with E-state index in [-0.39, 0.29) is 25.2 Å². The van der Waals surface area contributed by atoms with Gasteiger partial charge in [-0.05, 0) is 65.9 Å². The predicted octanol–water partition coefficient (Wildman–Crippen LogP) is 3.45. The van der Waals surface area contributed by atoms with Gasteiger partial charge in [0.15, 0.2) is 0 Å². The van der Waals surface area contributed by atoms with E-state index in [2.05, 4.69) is 26.8 Å². The van der Waals surface area contributed by atoms with E-state index in [1.807, 2.05) is 0 Å². The van der Waals surface area contributed by atoms with Crippen LogP contribution in [0.15, 0.2) is 23.3 Å². The van der Waals surface area contributed by atoms with Crippen LogP contribution in [-0.2, 0) is 0 Å². The molecule has 3 N–H and O–H groups in total. The standard InChI is InChI=1S/C20H34O3/c1-19(2)10-4-11-20(3)17(7-5-15(13-22)9-12-21)16(14-23)6-8-18(19)20/h6,9,17-18,21-23H,4-5,7-8,10-14H2,1-3H3/b15-9-/t17-,18?,20+/m0/s1. The maximum absolute atomic E-state index is 9.85. The summed E-state index contributed by atoms with van der Waals surface area (Å²) in [6, 6.07) is 0. The van der Waals surface area contributed by atoms with Gasteiger partial charge in [-0.2, -0.15) is 0 Å². The van der Waals surface area contributed by atoms with Gasteiger partial charge in [-0.3, -0.25) is 0 Å². The summed E-state index contributed by atoms with van der Waals surface area (Å²) in [5.74, 6) is 1.03. The van der Waals surface area contributed by atoms with Gasteiger partial charge >= 0.3 is 0 Å². The van der Waals surface area contributed by atoms with Crippen LogP contribution in [0.1, 0.15) is 59.3 Å². The number of hydrogen-bond donors (Lipinski definition) is 3. The SMILES string of the molecule is CC1(C)CCC[C@@]2(C)C1CC=C(CO)[C@@H]2CC/C(=C/CO)CO. The average molecular weight is 322 g/mol. The van der Waals surface area contributed by atoms with Gasteiger partial charge in [-0.25, -0.2) is 0 Å². The van der Waals surface area contributed by atoms with Gasteiger partial charge < -0.3 is 15.3 Å². The molecule has 0 heterocycles. The second-order valence-corrected chi connectivity index (χ2v) is 8.37. The summed E-state index contributed by atoms with van der Waals surface area (Å²) >= 11 is 0. The van der Waals surface area contributed by atoms with E-state index in [9.17, 15) is 10.2 Å². The van der Waals surface area contributed by atoms with Gasteiger partial charge in [0.1, 0.15) is 0 Å². The maximum atomic E-state index is 9.85. The molecular weight excluding hydrogens is 288 g/mol. The Morgan fingerprint density at radius 2 is 1.96 bits per heavy atom. The molecule has 0 radical (unpaired) electrons. The van der Waals surface area contributed by atoms with E-state index in [1.54, 1.807) is 6.08 Å². The van der Waals surface area contributed by atoms with E-state index in [1.165, 1.54) is 24.8 Å². The van der Waals surface area contributed by atoms with Gasteiger partial charge in [0.2, 0.25) is 0 Å². The molecule has 0 aliphatic heterocycles. The van der Waals surface area contributed by atoms with Crippen LogP contribution in [0, 0.1) is 22.7 Å². The topological polar surface area (TPSA) is 60.7 Å². The molecule has 1 fully saturated rings. The molecule has 2 aliphatic carbocycles. The highest BCUT2D eigenvalue weighted by Crippen LogP contribution is 2.60. The summed E-state index contributed by atoms with van der Waals surface area (Å²) in [5.41, 5.74) is 2.67. The molecule has 0 amide bonds. The number of fused-ring (bicyclic) bond motifs is 1. The predicted molar refractivity (Wildman–Crippen MR) is 94.0 cm³/mol. The van der Waals surface area contributed by atoms with Crippen molar-refractivity contribution in [1.82, 2.24) is 0 Å². The lowest BCUT2D eigenvalue weighted by atomic mass is 9.48. The Morgan fingerprint density at radius 1 is 1.22 bits per heavy atom. The fourth-order valence-corrected chi connectivity index (χ4v) is 5.40. The first kappa shape index (κ1) is 18.7. The Bertz CT molecular complexity index is 464. The first-order chi connectivity index (χ1) is 10.9. The second kappa shape index (κ2) is 7.50. The van der Waals surface area contributed by atoms with Crippen LogP contribution in [0.5, 0.6) is 0 Å². The minimum Gasteiger partial charge on any atom is -0.392 e. The fourth-order valence-electron chi connectivity index (χ4n) is 5.40. The molecule has 0 saturated heterocycles. The van der Waals surface area contributed by atoms with Crippen molar-refractivity contribution < 1.29 is 15.3 Å². The van der Waals surface area contributed by atoms with Crippen molar-refractivity contribution in [2.75, 3.05) is 19.8 Å². The van der Waals surface area contributed by atoms with Gasteiger partial charge in [0, 0.05) is 0 Å². The van der Waals surface area contributed by atoms with E-state index < -0.39 is 0 Å². The Hall–Kier alpha value is -0.640. The maximum Gasteiger partial charge on any atom is 0.0644 e. The quantitative estimate of drug-likeness (QED) is 0.656. The zero-order chi connectivity index (χ0) is 17.1. The van der Waals surface area contributed by atoms with Crippen molar-refractivity contribution in [2.24, 2.45) is 22.7 Å². The molecule has 132 valence electrons. The van der Waals surface area contributed by atoms with Crippen LogP contribution >= 0.6 is 0 Å². The number of aliphatic hydroxyl groups is 3. The third-order valence-corrected chi connectivity index (χ3v) is 6.66. The summed E-state index contributed by atoms with van der Waals surface area (Å²) < 4.78 is 0.